The molecule has 0 amide bonds. The molecule has 0 spiro atoms. The largest absolute Gasteiger partial charge is 0.526 e. The van der Waals surface area contributed by atoms with Crippen LogP contribution in [0.1, 0.15) is 18.1 Å². The Bertz CT molecular complexity index is 902. The van der Waals surface area contributed by atoms with E-state index in [0.717, 1.165) is 16.5 Å². The van der Waals surface area contributed by atoms with Crippen molar-refractivity contribution in [2.45, 2.75) is 20.0 Å². The summed E-state index contributed by atoms with van der Waals surface area (Å²) in [5, 5.41) is 19.3. The number of ether oxygens (including phenoxy) is 2. The zero-order chi connectivity index (χ0) is 18.5. The summed E-state index contributed by atoms with van der Waals surface area (Å²) in [6, 6.07) is 14.3. The first-order valence-corrected chi connectivity index (χ1v) is 8.32. The van der Waals surface area contributed by atoms with Gasteiger partial charge in [0.25, 0.3) is 0 Å². The topological polar surface area (TPSA) is 89.1 Å². The summed E-state index contributed by atoms with van der Waals surface area (Å²) in [6.45, 7) is 2.35. The molecular formula is C19H19BO6. The summed E-state index contributed by atoms with van der Waals surface area (Å²) in [5.41, 5.74) is 2.21. The van der Waals surface area contributed by atoms with Gasteiger partial charge >= 0.3 is 13.1 Å². The first kappa shape index (κ1) is 18.0. The molecule has 0 saturated heterocycles. The summed E-state index contributed by atoms with van der Waals surface area (Å²) < 4.78 is 16.3. The Balaban J connectivity index is 1.79. The van der Waals surface area contributed by atoms with Crippen molar-refractivity contribution in [3.05, 3.63) is 59.7 Å². The van der Waals surface area contributed by atoms with E-state index in [2.05, 4.69) is 0 Å². The van der Waals surface area contributed by atoms with Gasteiger partial charge in [0.15, 0.2) is 0 Å². The summed E-state index contributed by atoms with van der Waals surface area (Å²) >= 11 is 0. The molecule has 3 rings (SSSR count). The van der Waals surface area contributed by atoms with Gasteiger partial charge in [0.05, 0.1) is 13.0 Å². The second kappa shape index (κ2) is 8.08. The zero-order valence-electron chi connectivity index (χ0n) is 14.3. The fourth-order valence-corrected chi connectivity index (χ4v) is 2.71. The lowest BCUT2D eigenvalue weighted by Gasteiger charge is -2.11. The van der Waals surface area contributed by atoms with E-state index in [-0.39, 0.29) is 24.7 Å². The van der Waals surface area contributed by atoms with Gasteiger partial charge in [-0.25, -0.2) is 0 Å². The molecule has 26 heavy (non-hydrogen) atoms. The van der Waals surface area contributed by atoms with Crippen LogP contribution in [0.15, 0.2) is 52.9 Å². The fraction of sp³-hybridized carbons (Fsp3) is 0.211. The van der Waals surface area contributed by atoms with Crippen LogP contribution in [0, 0.1) is 0 Å². The Morgan fingerprint density at radius 3 is 2.65 bits per heavy atom. The number of hydrogen-bond donors (Lipinski definition) is 2. The third-order valence-electron chi connectivity index (χ3n) is 3.92. The summed E-state index contributed by atoms with van der Waals surface area (Å²) in [4.78, 5) is 11.7. The lowest BCUT2D eigenvalue weighted by atomic mass is 9.87. The Labute approximate surface area is 151 Å². The van der Waals surface area contributed by atoms with Gasteiger partial charge in [0.1, 0.15) is 23.6 Å². The highest BCUT2D eigenvalue weighted by atomic mass is 16.5. The molecule has 6 nitrogen and oxygen atoms in total. The molecule has 0 unspecified atom stereocenters. The average molecular weight is 354 g/mol. The molecule has 3 aromatic rings. The van der Waals surface area contributed by atoms with Gasteiger partial charge in [-0.1, -0.05) is 30.3 Å². The number of hydrogen-bond acceptors (Lipinski definition) is 6. The van der Waals surface area contributed by atoms with Crippen molar-refractivity contribution >= 4 is 29.7 Å². The van der Waals surface area contributed by atoms with E-state index in [1.54, 1.807) is 25.1 Å². The minimum atomic E-state index is -1.67. The smallest absolute Gasteiger partial charge is 0.489 e. The molecule has 0 saturated carbocycles. The van der Waals surface area contributed by atoms with Crippen LogP contribution in [-0.4, -0.2) is 29.7 Å². The number of furan rings is 1. The number of rotatable bonds is 7. The van der Waals surface area contributed by atoms with E-state index in [1.807, 2.05) is 30.3 Å². The van der Waals surface area contributed by atoms with Crippen LogP contribution in [0.3, 0.4) is 0 Å². The third-order valence-corrected chi connectivity index (χ3v) is 3.92. The predicted octanol–water partition coefficient (Wildman–Crippen LogP) is 1.80. The normalized spacial score (nSPS) is 10.7. The zero-order valence-corrected chi connectivity index (χ0v) is 14.3. The molecule has 0 fully saturated rings. The number of benzene rings is 2. The van der Waals surface area contributed by atoms with E-state index >= 15 is 0 Å². The van der Waals surface area contributed by atoms with Crippen molar-refractivity contribution in [2.75, 3.05) is 6.61 Å². The van der Waals surface area contributed by atoms with E-state index in [9.17, 15) is 14.8 Å². The molecule has 0 radical (unpaired) electrons. The highest BCUT2D eigenvalue weighted by molar-refractivity contribution is 6.57. The fourth-order valence-electron chi connectivity index (χ4n) is 2.71. The molecule has 0 bridgehead atoms. The second-order valence-electron chi connectivity index (χ2n) is 5.73. The van der Waals surface area contributed by atoms with Crippen LogP contribution in [0.4, 0.5) is 0 Å². The van der Waals surface area contributed by atoms with Crippen LogP contribution < -0.4 is 10.4 Å². The Hall–Kier alpha value is -2.77. The van der Waals surface area contributed by atoms with Crippen molar-refractivity contribution in [2.24, 2.45) is 0 Å². The molecular weight excluding hydrogens is 335 g/mol. The third kappa shape index (κ3) is 4.07. The van der Waals surface area contributed by atoms with E-state index in [4.69, 9.17) is 13.9 Å². The molecule has 0 atom stereocenters. The molecule has 1 heterocycles. The lowest BCUT2D eigenvalue weighted by Crippen LogP contribution is -2.27. The van der Waals surface area contributed by atoms with Crippen LogP contribution in [-0.2, 0) is 22.6 Å². The minimum Gasteiger partial charge on any atom is -0.489 e. The van der Waals surface area contributed by atoms with Crippen LogP contribution in [0.2, 0.25) is 0 Å². The Morgan fingerprint density at radius 2 is 1.88 bits per heavy atom. The second-order valence-corrected chi connectivity index (χ2v) is 5.73. The number of para-hydroxylation sites is 1. The number of esters is 1. The first-order chi connectivity index (χ1) is 12.6. The number of fused-ring (bicyclic) bond motifs is 1. The molecule has 1 aromatic heterocycles. The molecule has 134 valence electrons. The SMILES string of the molecule is CCOC(=O)Cc1ccccc1OCc1cccc2oc(B(O)O)cc12. The van der Waals surface area contributed by atoms with Gasteiger partial charge in [0.2, 0.25) is 0 Å². The monoisotopic (exact) mass is 354 g/mol. The van der Waals surface area contributed by atoms with Gasteiger partial charge in [-0.15, -0.1) is 0 Å². The van der Waals surface area contributed by atoms with Gasteiger partial charge in [-0.3, -0.25) is 4.79 Å². The number of carbonyl (C=O) groups excluding carboxylic acids is 1. The highest BCUT2D eigenvalue weighted by Gasteiger charge is 2.18. The Kier molecular flexibility index (Phi) is 5.60. The van der Waals surface area contributed by atoms with Crippen LogP contribution in [0.25, 0.3) is 11.0 Å². The summed E-state index contributed by atoms with van der Waals surface area (Å²) in [7, 11) is -1.67. The molecule has 2 aromatic carbocycles. The van der Waals surface area contributed by atoms with Crippen molar-refractivity contribution in [1.29, 1.82) is 0 Å². The summed E-state index contributed by atoms with van der Waals surface area (Å²) in [5.74, 6) is 0.297. The maximum atomic E-state index is 11.7. The molecule has 0 aliphatic carbocycles. The molecule has 0 aliphatic heterocycles. The van der Waals surface area contributed by atoms with Gasteiger partial charge in [-0.05, 0) is 25.1 Å². The van der Waals surface area contributed by atoms with Crippen molar-refractivity contribution in [1.82, 2.24) is 0 Å². The van der Waals surface area contributed by atoms with Gasteiger partial charge in [-0.2, -0.15) is 0 Å². The van der Waals surface area contributed by atoms with Crippen LogP contribution >= 0.6 is 0 Å². The van der Waals surface area contributed by atoms with Gasteiger partial charge in [0, 0.05) is 16.5 Å². The molecule has 0 aliphatic rings. The standard InChI is InChI=1S/C19H19BO6/c1-2-24-19(21)10-13-6-3-4-8-16(13)25-12-14-7-5-9-17-15(14)11-18(26-17)20(22)23/h3-9,11,22-23H,2,10,12H2,1H3. The van der Waals surface area contributed by atoms with Gasteiger partial charge < -0.3 is 23.9 Å². The minimum absolute atomic E-state index is 0.0789. The van der Waals surface area contributed by atoms with Crippen molar-refractivity contribution < 1.29 is 28.7 Å². The quantitative estimate of drug-likeness (QED) is 0.497. The number of carbonyl (C=O) groups is 1. The Morgan fingerprint density at radius 1 is 1.12 bits per heavy atom. The molecule has 2 N–H and O–H groups in total. The van der Waals surface area contributed by atoms with E-state index in [1.165, 1.54) is 0 Å². The first-order valence-electron chi connectivity index (χ1n) is 8.32. The van der Waals surface area contributed by atoms with E-state index in [0.29, 0.717) is 17.9 Å². The van der Waals surface area contributed by atoms with Crippen molar-refractivity contribution in [3.63, 3.8) is 0 Å². The maximum Gasteiger partial charge on any atom is 0.526 e. The highest BCUT2D eigenvalue weighted by Crippen LogP contribution is 2.24. The average Bonchev–Trinajstić information content (AvgIpc) is 3.06. The maximum absolute atomic E-state index is 11.7. The van der Waals surface area contributed by atoms with Crippen LogP contribution in [0.5, 0.6) is 5.75 Å². The predicted molar refractivity (Wildman–Crippen MR) is 97.2 cm³/mol. The summed E-state index contributed by atoms with van der Waals surface area (Å²) in [6.07, 6.45) is 0.140. The van der Waals surface area contributed by atoms with Crippen molar-refractivity contribution in [3.8, 4) is 5.75 Å². The van der Waals surface area contributed by atoms with E-state index < -0.39 is 7.12 Å². The molecule has 7 heteroatoms. The lowest BCUT2D eigenvalue weighted by molar-refractivity contribution is -0.142.